The molecular formula is C5H15N2O3PS. The van der Waals surface area contributed by atoms with E-state index in [4.69, 9.17) is 15.5 Å². The summed E-state index contributed by atoms with van der Waals surface area (Å²) in [5.41, 5.74) is 5.24. The van der Waals surface area contributed by atoms with E-state index in [1.165, 1.54) is 0 Å². The molecule has 0 aromatic heterocycles. The lowest BCUT2D eigenvalue weighted by Crippen LogP contribution is -2.20. The van der Waals surface area contributed by atoms with Gasteiger partial charge in [0.15, 0.2) is 0 Å². The van der Waals surface area contributed by atoms with Gasteiger partial charge in [-0.25, -0.2) is 4.57 Å². The van der Waals surface area contributed by atoms with E-state index in [2.05, 4.69) is 5.32 Å². The Balaban J connectivity index is 3.06. The maximum atomic E-state index is 10.3. The van der Waals surface area contributed by atoms with Gasteiger partial charge in [-0.3, -0.25) is 0 Å². The van der Waals surface area contributed by atoms with Crippen molar-refractivity contribution in [2.24, 2.45) is 5.73 Å². The predicted molar refractivity (Wildman–Crippen MR) is 51.0 cm³/mol. The summed E-state index contributed by atoms with van der Waals surface area (Å²) < 4.78 is 10.3. The molecule has 0 heterocycles. The highest BCUT2D eigenvalue weighted by molar-refractivity contribution is 8.54. The normalized spacial score (nSPS) is 11.9. The van der Waals surface area contributed by atoms with Crippen LogP contribution in [0, 0.1) is 0 Å². The zero-order chi connectivity index (χ0) is 9.45. The van der Waals surface area contributed by atoms with Crippen molar-refractivity contribution in [2.45, 2.75) is 6.42 Å². The summed E-state index contributed by atoms with van der Waals surface area (Å²) in [6, 6.07) is 0. The maximum absolute atomic E-state index is 10.3. The second-order valence-electron chi connectivity index (χ2n) is 2.22. The molecule has 0 aliphatic rings. The summed E-state index contributed by atoms with van der Waals surface area (Å²) in [4.78, 5) is 16.9. The van der Waals surface area contributed by atoms with Crippen LogP contribution in [-0.2, 0) is 4.57 Å². The predicted octanol–water partition coefficient (Wildman–Crippen LogP) is -0.249. The average Bonchev–Trinajstić information content (AvgIpc) is 1.94. The molecule has 0 atom stereocenters. The Bertz CT molecular complexity index is 152. The van der Waals surface area contributed by atoms with E-state index in [1.54, 1.807) is 0 Å². The van der Waals surface area contributed by atoms with Gasteiger partial charge < -0.3 is 20.8 Å². The van der Waals surface area contributed by atoms with Crippen LogP contribution in [0.2, 0.25) is 0 Å². The summed E-state index contributed by atoms with van der Waals surface area (Å²) in [6.45, 7) is -1.82. The van der Waals surface area contributed by atoms with E-state index in [-0.39, 0.29) is 0 Å². The van der Waals surface area contributed by atoms with Gasteiger partial charge in [0, 0.05) is 12.3 Å². The third-order valence-electron chi connectivity index (χ3n) is 1.10. The molecule has 0 aliphatic heterocycles. The third-order valence-corrected chi connectivity index (χ3v) is 3.38. The van der Waals surface area contributed by atoms with Crippen molar-refractivity contribution in [2.75, 3.05) is 25.4 Å². The first-order valence-corrected chi connectivity index (χ1v) is 6.87. The zero-order valence-electron chi connectivity index (χ0n) is 6.77. The van der Waals surface area contributed by atoms with Crippen LogP contribution in [0.4, 0.5) is 0 Å². The van der Waals surface area contributed by atoms with Crippen molar-refractivity contribution in [3.05, 3.63) is 0 Å². The molecule has 74 valence electrons. The van der Waals surface area contributed by atoms with Crippen molar-refractivity contribution in [1.29, 1.82) is 0 Å². The molecule has 0 spiro atoms. The van der Waals surface area contributed by atoms with Gasteiger partial charge in [-0.05, 0) is 30.9 Å². The maximum Gasteiger partial charge on any atom is 0.384 e. The molecule has 5 nitrogen and oxygen atoms in total. The van der Waals surface area contributed by atoms with Crippen LogP contribution < -0.4 is 11.1 Å². The standard InChI is InChI=1S/C5H15N2O3PS/c6-2-1-3-7-4-5-12-11(8,9)10/h7H,1-6H2,(H2,8,9,10)/i12+3. The van der Waals surface area contributed by atoms with E-state index in [9.17, 15) is 4.57 Å². The minimum absolute atomic E-state index is 0.425. The van der Waals surface area contributed by atoms with Gasteiger partial charge in [0.1, 0.15) is 0 Å². The lowest BCUT2D eigenvalue weighted by atomic mass is 10.4. The molecule has 0 aromatic rings. The SMILES string of the molecule is NCCCNCC[35S]P(=O)(O)O. The first-order valence-electron chi connectivity index (χ1n) is 3.67. The molecule has 7 heteroatoms. The van der Waals surface area contributed by atoms with Crippen molar-refractivity contribution < 1.29 is 14.4 Å². The fourth-order valence-corrected chi connectivity index (χ4v) is 2.05. The van der Waals surface area contributed by atoms with E-state index in [1.807, 2.05) is 0 Å². The van der Waals surface area contributed by atoms with Crippen LogP contribution in [0.15, 0.2) is 0 Å². The second-order valence-corrected chi connectivity index (χ2v) is 6.07. The van der Waals surface area contributed by atoms with Gasteiger partial charge >= 0.3 is 6.80 Å². The molecule has 0 rings (SSSR count). The molecule has 5 N–H and O–H groups in total. The molecule has 0 saturated carbocycles. The molecule has 0 fully saturated rings. The fourth-order valence-electron chi connectivity index (χ4n) is 0.589. The summed E-state index contributed by atoms with van der Waals surface area (Å²) in [5.74, 6) is 0.425. The van der Waals surface area contributed by atoms with Gasteiger partial charge in [0.05, 0.1) is 0 Å². The lowest BCUT2D eigenvalue weighted by molar-refractivity contribution is 0.397. The highest BCUT2D eigenvalue weighted by atomic mass is 35.3. The van der Waals surface area contributed by atoms with E-state index in [0.29, 0.717) is 30.2 Å². The third kappa shape index (κ3) is 10.4. The minimum atomic E-state index is -3.87. The highest BCUT2D eigenvalue weighted by Crippen LogP contribution is 2.49. The van der Waals surface area contributed by atoms with Crippen molar-refractivity contribution >= 4 is 18.2 Å². The molecule has 0 bridgehead atoms. The van der Waals surface area contributed by atoms with Crippen LogP contribution in [0.3, 0.4) is 0 Å². The smallest absolute Gasteiger partial charge is 0.330 e. The van der Waals surface area contributed by atoms with Gasteiger partial charge in [-0.15, -0.1) is 0 Å². The Kier molecular flexibility index (Phi) is 7.13. The van der Waals surface area contributed by atoms with Gasteiger partial charge in [0.25, 0.3) is 0 Å². The molecular weight excluding hydrogens is 202 g/mol. The second kappa shape index (κ2) is 6.88. The number of nitrogens with two attached hydrogens (primary N) is 1. The molecule has 0 aromatic carbocycles. The molecule has 0 unspecified atom stereocenters. The number of hydrogen-bond donors (Lipinski definition) is 4. The first-order chi connectivity index (χ1) is 5.56. The molecule has 0 aliphatic carbocycles. The lowest BCUT2D eigenvalue weighted by Gasteiger charge is -2.04. The summed E-state index contributed by atoms with van der Waals surface area (Å²) >= 11 is 0.665. The summed E-state index contributed by atoms with van der Waals surface area (Å²) in [7, 11) is 0. The Morgan fingerprint density at radius 3 is 2.58 bits per heavy atom. The number of hydrogen-bond acceptors (Lipinski definition) is 4. The number of rotatable bonds is 7. The molecule has 0 saturated heterocycles. The molecule has 12 heavy (non-hydrogen) atoms. The van der Waals surface area contributed by atoms with Crippen LogP contribution >= 0.6 is 18.2 Å². The average molecular weight is 217 g/mol. The van der Waals surface area contributed by atoms with Crippen LogP contribution in [0.5, 0.6) is 0 Å². The largest absolute Gasteiger partial charge is 0.384 e. The highest BCUT2D eigenvalue weighted by Gasteiger charge is 2.11. The Hall–Kier alpha value is 0.420. The minimum Gasteiger partial charge on any atom is -0.330 e. The van der Waals surface area contributed by atoms with Gasteiger partial charge in [-0.2, -0.15) is 0 Å². The van der Waals surface area contributed by atoms with Gasteiger partial charge in [-0.1, -0.05) is 0 Å². The summed E-state index contributed by atoms with van der Waals surface area (Å²) in [6.07, 6.45) is 0.889. The summed E-state index contributed by atoms with van der Waals surface area (Å²) in [5, 5.41) is 3.01. The van der Waals surface area contributed by atoms with Crippen LogP contribution in [0.25, 0.3) is 0 Å². The Morgan fingerprint density at radius 2 is 2.08 bits per heavy atom. The quantitative estimate of drug-likeness (QED) is 0.347. The van der Waals surface area contributed by atoms with E-state index < -0.39 is 6.80 Å². The first kappa shape index (κ1) is 12.4. The fraction of sp³-hybridized carbons (Fsp3) is 1.00. The topological polar surface area (TPSA) is 95.6 Å². The van der Waals surface area contributed by atoms with Crippen molar-refractivity contribution in [3.8, 4) is 0 Å². The van der Waals surface area contributed by atoms with Crippen LogP contribution in [0.1, 0.15) is 6.42 Å². The Morgan fingerprint density at radius 1 is 1.42 bits per heavy atom. The monoisotopic (exact) mass is 217 g/mol. The van der Waals surface area contributed by atoms with Crippen LogP contribution in [-0.4, -0.2) is 35.2 Å². The Labute approximate surface area is 76.0 Å². The van der Waals surface area contributed by atoms with E-state index >= 15 is 0 Å². The van der Waals surface area contributed by atoms with Gasteiger partial charge in [0.2, 0.25) is 0 Å². The number of nitrogens with one attached hydrogen (secondary N) is 1. The van der Waals surface area contributed by atoms with Crippen molar-refractivity contribution in [3.63, 3.8) is 0 Å². The van der Waals surface area contributed by atoms with E-state index in [0.717, 1.165) is 13.0 Å². The molecule has 0 amide bonds. The molecule has 0 radical (unpaired) electrons. The van der Waals surface area contributed by atoms with Crippen molar-refractivity contribution in [1.82, 2.24) is 5.32 Å². The zero-order valence-corrected chi connectivity index (χ0v) is 8.48.